The number of aryl methyl sites for hydroxylation is 2. The Bertz CT molecular complexity index is 3650. The average Bonchev–Trinajstić information content (AvgIpc) is 3.70. The monoisotopic (exact) mass is 820 g/mol. The second kappa shape index (κ2) is 15.0. The van der Waals surface area contributed by atoms with Crippen molar-refractivity contribution < 1.29 is 0 Å². The van der Waals surface area contributed by atoms with E-state index in [4.69, 9.17) is 0 Å². The third-order valence-electron chi connectivity index (χ3n) is 13.6. The summed E-state index contributed by atoms with van der Waals surface area (Å²) in [6.45, 7) is 9.08. The minimum atomic E-state index is 0.430. The van der Waals surface area contributed by atoms with E-state index in [-0.39, 0.29) is 0 Å². The Kier molecular flexibility index (Phi) is 8.91. The Labute approximate surface area is 374 Å². The zero-order valence-electron chi connectivity index (χ0n) is 36.7. The van der Waals surface area contributed by atoms with Gasteiger partial charge in [0.2, 0.25) is 0 Å². The summed E-state index contributed by atoms with van der Waals surface area (Å²) >= 11 is 0. The van der Waals surface area contributed by atoms with Crippen LogP contribution in [-0.4, -0.2) is 9.13 Å². The van der Waals surface area contributed by atoms with Crippen LogP contribution in [0, 0.1) is 13.8 Å². The number of hydrogen-bond donors (Lipinski definition) is 0. The molecular formula is C62H48N2. The van der Waals surface area contributed by atoms with Gasteiger partial charge in [0.05, 0.1) is 22.2 Å². The number of para-hydroxylation sites is 2. The smallest absolute Gasteiger partial charge is 0.0541 e. The molecule has 9 aromatic carbocycles. The molecule has 0 saturated carbocycles. The van der Waals surface area contributed by atoms with Crippen LogP contribution in [0.15, 0.2) is 188 Å². The van der Waals surface area contributed by atoms with Crippen molar-refractivity contribution >= 4 is 66.4 Å². The molecule has 0 fully saturated rings. The van der Waals surface area contributed by atoms with Gasteiger partial charge < -0.3 is 9.13 Å². The first-order valence-electron chi connectivity index (χ1n) is 22.7. The van der Waals surface area contributed by atoms with Crippen LogP contribution < -0.4 is 0 Å². The van der Waals surface area contributed by atoms with Gasteiger partial charge >= 0.3 is 0 Å². The number of aromatic nitrogens is 2. The Morgan fingerprint density at radius 3 is 1.55 bits per heavy atom. The lowest BCUT2D eigenvalue weighted by atomic mass is 9.88. The molecule has 2 heterocycles. The summed E-state index contributed by atoms with van der Waals surface area (Å²) in [7, 11) is 0. The predicted octanol–water partition coefficient (Wildman–Crippen LogP) is 17.2. The maximum atomic E-state index is 2.49. The van der Waals surface area contributed by atoms with Crippen molar-refractivity contribution in [2.45, 2.75) is 40.0 Å². The van der Waals surface area contributed by atoms with Gasteiger partial charge in [-0.25, -0.2) is 0 Å². The molecule has 0 N–H and O–H groups in total. The number of fused-ring (bicyclic) bond motifs is 8. The Morgan fingerprint density at radius 1 is 0.406 bits per heavy atom. The van der Waals surface area contributed by atoms with E-state index >= 15 is 0 Å². The molecule has 0 amide bonds. The van der Waals surface area contributed by atoms with E-state index in [2.05, 4.69) is 237 Å². The topological polar surface area (TPSA) is 9.86 Å². The minimum absolute atomic E-state index is 0.430. The van der Waals surface area contributed by atoms with E-state index in [0.29, 0.717) is 5.92 Å². The molecular weight excluding hydrogens is 773 g/mol. The first kappa shape index (κ1) is 38.0. The average molecular weight is 821 g/mol. The van der Waals surface area contributed by atoms with E-state index in [1.54, 1.807) is 0 Å². The fraction of sp³-hybridized carbons (Fsp3) is 0.0968. The highest BCUT2D eigenvalue weighted by molar-refractivity contribution is 6.10. The van der Waals surface area contributed by atoms with Crippen molar-refractivity contribution in [2.24, 2.45) is 0 Å². The highest BCUT2D eigenvalue weighted by atomic mass is 15.0. The van der Waals surface area contributed by atoms with Crippen molar-refractivity contribution in [1.82, 2.24) is 9.13 Å². The molecule has 11 aromatic rings. The van der Waals surface area contributed by atoms with Crippen LogP contribution in [0.3, 0.4) is 0 Å². The summed E-state index contributed by atoms with van der Waals surface area (Å²) < 4.78 is 4.98. The van der Waals surface area contributed by atoms with E-state index in [1.165, 1.54) is 110 Å². The highest BCUT2D eigenvalue weighted by Crippen LogP contribution is 2.42. The Balaban J connectivity index is 1.18. The van der Waals surface area contributed by atoms with Crippen molar-refractivity contribution in [3.8, 4) is 44.8 Å². The molecule has 0 radical (unpaired) electrons. The first-order chi connectivity index (χ1) is 31.4. The van der Waals surface area contributed by atoms with Crippen molar-refractivity contribution in [2.75, 3.05) is 0 Å². The molecule has 1 aliphatic rings. The Hall–Kier alpha value is -7.68. The molecule has 2 aromatic heterocycles. The number of benzene rings is 9. The van der Waals surface area contributed by atoms with Gasteiger partial charge in [0.1, 0.15) is 0 Å². The van der Waals surface area contributed by atoms with Crippen LogP contribution in [0.5, 0.6) is 0 Å². The van der Waals surface area contributed by atoms with Gasteiger partial charge in [-0.3, -0.25) is 0 Å². The number of nitrogens with zero attached hydrogens (tertiary/aromatic N) is 2. The molecule has 0 spiro atoms. The molecule has 0 unspecified atom stereocenters. The van der Waals surface area contributed by atoms with Gasteiger partial charge in [-0.15, -0.1) is 0 Å². The van der Waals surface area contributed by atoms with Crippen LogP contribution in [0.4, 0.5) is 0 Å². The molecule has 306 valence electrons. The first-order valence-corrected chi connectivity index (χ1v) is 22.7. The van der Waals surface area contributed by atoms with Gasteiger partial charge in [0.25, 0.3) is 0 Å². The molecule has 64 heavy (non-hydrogen) atoms. The van der Waals surface area contributed by atoms with Gasteiger partial charge in [0.15, 0.2) is 0 Å². The van der Waals surface area contributed by atoms with E-state index in [1.807, 2.05) is 0 Å². The normalized spacial score (nSPS) is 12.6. The summed E-state index contributed by atoms with van der Waals surface area (Å²) in [5.41, 5.74) is 19.5. The fourth-order valence-corrected chi connectivity index (χ4v) is 10.4. The summed E-state index contributed by atoms with van der Waals surface area (Å²) in [4.78, 5) is 0. The predicted molar refractivity (Wildman–Crippen MR) is 275 cm³/mol. The molecule has 12 rings (SSSR count). The van der Waals surface area contributed by atoms with Crippen LogP contribution in [0.1, 0.15) is 54.1 Å². The third-order valence-corrected chi connectivity index (χ3v) is 13.6. The second-order valence-corrected chi connectivity index (χ2v) is 18.0. The number of allylic oxidation sites excluding steroid dienone is 2. The molecule has 0 saturated heterocycles. The molecule has 2 heteroatoms. The van der Waals surface area contributed by atoms with Crippen molar-refractivity contribution in [3.05, 3.63) is 216 Å². The lowest BCUT2D eigenvalue weighted by molar-refractivity contribution is 0.868. The summed E-state index contributed by atoms with van der Waals surface area (Å²) in [5.74, 6) is 0.430. The van der Waals surface area contributed by atoms with Gasteiger partial charge in [-0.1, -0.05) is 135 Å². The van der Waals surface area contributed by atoms with Crippen molar-refractivity contribution in [3.63, 3.8) is 0 Å². The molecule has 1 aliphatic carbocycles. The largest absolute Gasteiger partial charge is 0.309 e. The van der Waals surface area contributed by atoms with Crippen LogP contribution in [0.2, 0.25) is 0 Å². The lowest BCUT2D eigenvalue weighted by Gasteiger charge is -2.19. The highest BCUT2D eigenvalue weighted by Gasteiger charge is 2.21. The molecule has 0 bridgehead atoms. The standard InChI is InChI=1S/C62H48N2/c1-39(2)42-26-27-62-58(35-42)55-22-13-15-25-61(55)64(62)52-34-48(33-51(38-52)63-59-23-7-5-6-20-53(59)54-21-12-14-24-60(54)63)47-30-49(56-36-45-18-10-8-16-43(45)28-40(56)3)32-50(31-47)57-37-46-19-11-9-17-44(46)29-41(57)4/h6-39H,5H2,1-4H3. The molecule has 0 atom stereocenters. The maximum Gasteiger partial charge on any atom is 0.0541 e. The van der Waals surface area contributed by atoms with Crippen LogP contribution >= 0.6 is 0 Å². The van der Waals surface area contributed by atoms with E-state index < -0.39 is 0 Å². The summed E-state index contributed by atoms with van der Waals surface area (Å²) in [6.07, 6.45) is 10.1. The lowest BCUT2D eigenvalue weighted by Crippen LogP contribution is -2.02. The second-order valence-electron chi connectivity index (χ2n) is 18.0. The zero-order chi connectivity index (χ0) is 43.1. The van der Waals surface area contributed by atoms with Crippen LogP contribution in [-0.2, 0) is 0 Å². The summed E-state index contributed by atoms with van der Waals surface area (Å²) in [6, 6.07) is 66.3. The van der Waals surface area contributed by atoms with Gasteiger partial charge in [0, 0.05) is 33.1 Å². The van der Waals surface area contributed by atoms with E-state index in [9.17, 15) is 0 Å². The van der Waals surface area contributed by atoms with E-state index in [0.717, 1.165) is 23.4 Å². The number of rotatable bonds is 6. The third kappa shape index (κ3) is 6.24. The van der Waals surface area contributed by atoms with Crippen LogP contribution in [0.25, 0.3) is 111 Å². The maximum absolute atomic E-state index is 2.49. The molecule has 0 aliphatic heterocycles. The summed E-state index contributed by atoms with van der Waals surface area (Å²) in [5, 5.41) is 8.82. The van der Waals surface area contributed by atoms with Gasteiger partial charge in [-0.05, 0) is 177 Å². The minimum Gasteiger partial charge on any atom is -0.309 e. The van der Waals surface area contributed by atoms with Gasteiger partial charge in [-0.2, -0.15) is 0 Å². The van der Waals surface area contributed by atoms with Crippen molar-refractivity contribution in [1.29, 1.82) is 0 Å². The fourth-order valence-electron chi connectivity index (χ4n) is 10.4. The SMILES string of the molecule is Cc1cc2ccccc2cc1-c1cc(-c2cc(-n3c4c(c5ccccc53)C=CCC=C4)cc(-n3c4ccccc4c4cc(C(C)C)ccc43)c2)cc(-c2cc3ccccc3cc2C)c1. The number of hydrogen-bond acceptors (Lipinski definition) is 0. The quantitative estimate of drug-likeness (QED) is 0.158. The Morgan fingerprint density at radius 2 is 0.906 bits per heavy atom. The zero-order valence-corrected chi connectivity index (χ0v) is 36.7. The molecule has 2 nitrogen and oxygen atoms in total.